The standard InChI is InChI=1S/C16H11Cl2N3O/c17-12-7-5-10(9-13(12)18)6-8-15-19-16(21-20-15)11-3-1-2-4-14(11)22/h1-9,22H,(H,19,20,21)/b8-6+. The van der Waals surface area contributed by atoms with E-state index in [1.54, 1.807) is 36.4 Å². The lowest BCUT2D eigenvalue weighted by Crippen LogP contribution is -1.81. The molecule has 0 atom stereocenters. The lowest BCUT2D eigenvalue weighted by Gasteiger charge is -1.97. The summed E-state index contributed by atoms with van der Waals surface area (Å²) in [5.74, 6) is 1.15. The van der Waals surface area contributed by atoms with Gasteiger partial charge in [0.25, 0.3) is 0 Å². The fraction of sp³-hybridized carbons (Fsp3) is 0. The van der Waals surface area contributed by atoms with Gasteiger partial charge in [-0.1, -0.05) is 47.5 Å². The molecule has 0 aliphatic rings. The van der Waals surface area contributed by atoms with Gasteiger partial charge in [-0.05, 0) is 35.9 Å². The molecule has 0 saturated carbocycles. The smallest absolute Gasteiger partial charge is 0.185 e. The van der Waals surface area contributed by atoms with Gasteiger partial charge in [0.05, 0.1) is 15.6 Å². The van der Waals surface area contributed by atoms with Gasteiger partial charge in [-0.25, -0.2) is 4.98 Å². The first kappa shape index (κ1) is 14.6. The second-order valence-corrected chi connectivity index (χ2v) is 5.38. The van der Waals surface area contributed by atoms with Crippen LogP contribution in [0.5, 0.6) is 5.75 Å². The van der Waals surface area contributed by atoms with Gasteiger partial charge in [-0.15, -0.1) is 0 Å². The molecule has 3 rings (SSSR count). The summed E-state index contributed by atoms with van der Waals surface area (Å²) in [5.41, 5.74) is 1.47. The number of hydrogen-bond donors (Lipinski definition) is 2. The van der Waals surface area contributed by atoms with Crippen LogP contribution in [-0.2, 0) is 0 Å². The van der Waals surface area contributed by atoms with Crippen LogP contribution in [0.2, 0.25) is 10.0 Å². The zero-order valence-electron chi connectivity index (χ0n) is 11.3. The number of nitrogens with zero attached hydrogens (tertiary/aromatic N) is 2. The lowest BCUT2D eigenvalue weighted by atomic mass is 10.2. The molecule has 0 saturated heterocycles. The second-order valence-electron chi connectivity index (χ2n) is 4.57. The van der Waals surface area contributed by atoms with E-state index in [0.717, 1.165) is 5.56 Å². The molecule has 3 aromatic rings. The van der Waals surface area contributed by atoms with Crippen LogP contribution in [0.3, 0.4) is 0 Å². The molecule has 4 nitrogen and oxygen atoms in total. The van der Waals surface area contributed by atoms with Crippen LogP contribution >= 0.6 is 23.2 Å². The molecule has 6 heteroatoms. The fourth-order valence-corrected chi connectivity index (χ4v) is 2.23. The molecule has 0 aliphatic carbocycles. The number of aromatic nitrogens is 3. The molecular formula is C16H11Cl2N3O. The Labute approximate surface area is 137 Å². The monoisotopic (exact) mass is 331 g/mol. The van der Waals surface area contributed by atoms with E-state index in [-0.39, 0.29) is 5.75 Å². The fourth-order valence-electron chi connectivity index (χ4n) is 1.92. The number of hydrogen-bond acceptors (Lipinski definition) is 3. The van der Waals surface area contributed by atoms with Crippen molar-refractivity contribution in [2.24, 2.45) is 0 Å². The Morgan fingerprint density at radius 3 is 2.59 bits per heavy atom. The quantitative estimate of drug-likeness (QED) is 0.734. The molecule has 0 fully saturated rings. The van der Waals surface area contributed by atoms with Crippen molar-refractivity contribution < 1.29 is 5.11 Å². The van der Waals surface area contributed by atoms with Crippen molar-refractivity contribution in [2.45, 2.75) is 0 Å². The summed E-state index contributed by atoms with van der Waals surface area (Å²) in [6.07, 6.45) is 3.62. The molecule has 2 N–H and O–H groups in total. The summed E-state index contributed by atoms with van der Waals surface area (Å²) in [6, 6.07) is 12.3. The minimum Gasteiger partial charge on any atom is -0.507 e. The predicted octanol–water partition coefficient (Wildman–Crippen LogP) is 4.65. The average Bonchev–Trinajstić information content (AvgIpc) is 2.98. The number of phenolic OH excluding ortho intramolecular Hbond substituents is 1. The Kier molecular flexibility index (Phi) is 4.13. The summed E-state index contributed by atoms with van der Waals surface area (Å²) in [4.78, 5) is 4.32. The SMILES string of the molecule is Oc1ccccc1-c1n[nH]c(/C=C/c2ccc(Cl)c(Cl)c2)n1. The highest BCUT2D eigenvalue weighted by molar-refractivity contribution is 6.42. The number of benzene rings is 2. The zero-order chi connectivity index (χ0) is 15.5. The molecule has 0 radical (unpaired) electrons. The number of para-hydroxylation sites is 1. The lowest BCUT2D eigenvalue weighted by molar-refractivity contribution is 0.477. The minimum absolute atomic E-state index is 0.140. The second kappa shape index (κ2) is 6.22. The first-order valence-corrected chi connectivity index (χ1v) is 7.23. The number of halogens is 2. The third kappa shape index (κ3) is 3.13. The van der Waals surface area contributed by atoms with Crippen molar-refractivity contribution in [2.75, 3.05) is 0 Å². The van der Waals surface area contributed by atoms with Gasteiger partial charge in [0.1, 0.15) is 11.6 Å². The number of aromatic amines is 1. The maximum absolute atomic E-state index is 9.80. The highest BCUT2D eigenvalue weighted by atomic mass is 35.5. The van der Waals surface area contributed by atoms with Crippen LogP contribution in [0.25, 0.3) is 23.5 Å². The Morgan fingerprint density at radius 1 is 1.00 bits per heavy atom. The molecule has 1 aromatic heterocycles. The van der Waals surface area contributed by atoms with Crippen molar-refractivity contribution in [3.05, 3.63) is 63.9 Å². The van der Waals surface area contributed by atoms with Crippen LogP contribution in [0.1, 0.15) is 11.4 Å². The van der Waals surface area contributed by atoms with Gasteiger partial charge in [-0.2, -0.15) is 5.10 Å². The van der Waals surface area contributed by atoms with Crippen molar-refractivity contribution in [3.63, 3.8) is 0 Å². The highest BCUT2D eigenvalue weighted by Gasteiger charge is 2.08. The van der Waals surface area contributed by atoms with Gasteiger partial charge < -0.3 is 5.11 Å². The first-order chi connectivity index (χ1) is 10.6. The third-order valence-corrected chi connectivity index (χ3v) is 3.76. The zero-order valence-corrected chi connectivity index (χ0v) is 12.8. The third-order valence-electron chi connectivity index (χ3n) is 3.02. The van der Waals surface area contributed by atoms with E-state index in [9.17, 15) is 5.11 Å². The molecular weight excluding hydrogens is 321 g/mol. The molecule has 110 valence electrons. The molecule has 0 spiro atoms. The Balaban J connectivity index is 1.84. The number of aromatic hydroxyl groups is 1. The number of nitrogens with one attached hydrogen (secondary N) is 1. The van der Waals surface area contributed by atoms with E-state index in [1.165, 1.54) is 0 Å². The van der Waals surface area contributed by atoms with Crippen molar-refractivity contribution in [1.82, 2.24) is 15.2 Å². The molecule has 0 aliphatic heterocycles. The van der Waals surface area contributed by atoms with E-state index in [1.807, 2.05) is 18.2 Å². The topological polar surface area (TPSA) is 61.8 Å². The highest BCUT2D eigenvalue weighted by Crippen LogP contribution is 2.26. The number of rotatable bonds is 3. The summed E-state index contributed by atoms with van der Waals surface area (Å²) in [6.45, 7) is 0. The maximum atomic E-state index is 9.80. The molecule has 22 heavy (non-hydrogen) atoms. The van der Waals surface area contributed by atoms with Crippen molar-refractivity contribution >= 4 is 35.4 Å². The molecule has 1 heterocycles. The number of phenols is 1. The summed E-state index contributed by atoms with van der Waals surface area (Å²) >= 11 is 11.8. The van der Waals surface area contributed by atoms with E-state index in [4.69, 9.17) is 23.2 Å². The Morgan fingerprint density at radius 2 is 1.82 bits per heavy atom. The van der Waals surface area contributed by atoms with E-state index >= 15 is 0 Å². The first-order valence-electron chi connectivity index (χ1n) is 6.47. The van der Waals surface area contributed by atoms with Gasteiger partial charge in [0, 0.05) is 0 Å². The van der Waals surface area contributed by atoms with Gasteiger partial charge in [0.2, 0.25) is 0 Å². The van der Waals surface area contributed by atoms with E-state index in [0.29, 0.717) is 27.3 Å². The predicted molar refractivity (Wildman–Crippen MR) is 88.9 cm³/mol. The van der Waals surface area contributed by atoms with Crippen molar-refractivity contribution in [3.8, 4) is 17.1 Å². The summed E-state index contributed by atoms with van der Waals surface area (Å²) in [5, 5.41) is 17.7. The number of H-pyrrole nitrogens is 1. The summed E-state index contributed by atoms with van der Waals surface area (Å²) < 4.78 is 0. The average molecular weight is 332 g/mol. The Bertz CT molecular complexity index is 843. The van der Waals surface area contributed by atoms with Crippen LogP contribution in [0.15, 0.2) is 42.5 Å². The molecule has 2 aromatic carbocycles. The summed E-state index contributed by atoms with van der Waals surface area (Å²) in [7, 11) is 0. The normalized spacial score (nSPS) is 11.2. The van der Waals surface area contributed by atoms with Gasteiger partial charge >= 0.3 is 0 Å². The molecule has 0 amide bonds. The van der Waals surface area contributed by atoms with Crippen LogP contribution < -0.4 is 0 Å². The van der Waals surface area contributed by atoms with Gasteiger partial charge in [0.15, 0.2) is 5.82 Å². The van der Waals surface area contributed by atoms with Crippen LogP contribution in [-0.4, -0.2) is 20.3 Å². The van der Waals surface area contributed by atoms with Crippen molar-refractivity contribution in [1.29, 1.82) is 0 Å². The largest absolute Gasteiger partial charge is 0.507 e. The van der Waals surface area contributed by atoms with Crippen LogP contribution in [0.4, 0.5) is 0 Å². The molecule has 0 unspecified atom stereocenters. The van der Waals surface area contributed by atoms with Gasteiger partial charge in [-0.3, -0.25) is 5.10 Å². The van der Waals surface area contributed by atoms with E-state index in [2.05, 4.69) is 15.2 Å². The Hall–Kier alpha value is -2.30. The van der Waals surface area contributed by atoms with E-state index < -0.39 is 0 Å². The minimum atomic E-state index is 0.140. The molecule has 0 bridgehead atoms. The van der Waals surface area contributed by atoms with Crippen LogP contribution in [0, 0.1) is 0 Å². The maximum Gasteiger partial charge on any atom is 0.185 e.